The number of benzene rings is 1. The van der Waals surface area contributed by atoms with Gasteiger partial charge in [0.1, 0.15) is 11.5 Å². The van der Waals surface area contributed by atoms with Crippen LogP contribution in [0, 0.1) is 0 Å². The van der Waals surface area contributed by atoms with Gasteiger partial charge in [-0.2, -0.15) is 0 Å². The lowest BCUT2D eigenvalue weighted by Crippen LogP contribution is -2.38. The number of aromatic nitrogens is 4. The van der Waals surface area contributed by atoms with Crippen molar-refractivity contribution in [1.29, 1.82) is 0 Å². The van der Waals surface area contributed by atoms with Gasteiger partial charge < -0.3 is 9.88 Å². The summed E-state index contributed by atoms with van der Waals surface area (Å²) in [6.45, 7) is 1.44. The van der Waals surface area contributed by atoms with Gasteiger partial charge in [-0.15, -0.1) is 0 Å². The number of para-hydroxylation sites is 2. The van der Waals surface area contributed by atoms with Crippen molar-refractivity contribution in [1.82, 2.24) is 24.8 Å². The number of hydrogen-bond acceptors (Lipinski definition) is 4. The highest BCUT2D eigenvalue weighted by Crippen LogP contribution is 2.28. The van der Waals surface area contributed by atoms with E-state index in [2.05, 4.69) is 19.9 Å². The van der Waals surface area contributed by atoms with Crippen LogP contribution in [0.25, 0.3) is 11.0 Å². The molecule has 6 nitrogen and oxygen atoms in total. The van der Waals surface area contributed by atoms with Crippen LogP contribution in [0.15, 0.2) is 42.9 Å². The molecular formula is C17H17N5O. The predicted octanol–water partition coefficient (Wildman–Crippen LogP) is 2.37. The lowest BCUT2D eigenvalue weighted by molar-refractivity contribution is 0.0705. The van der Waals surface area contributed by atoms with Crippen molar-refractivity contribution in [3.8, 4) is 0 Å². The van der Waals surface area contributed by atoms with Crippen LogP contribution in [0.1, 0.15) is 35.1 Å². The molecule has 0 saturated carbocycles. The molecule has 1 aliphatic rings. The number of amides is 1. The molecule has 3 heterocycles. The average molecular weight is 307 g/mol. The van der Waals surface area contributed by atoms with E-state index >= 15 is 0 Å². The summed E-state index contributed by atoms with van der Waals surface area (Å²) < 4.78 is 0. The van der Waals surface area contributed by atoms with E-state index in [4.69, 9.17) is 0 Å². The molecule has 0 aliphatic carbocycles. The van der Waals surface area contributed by atoms with Crippen molar-refractivity contribution in [3.05, 3.63) is 54.4 Å². The molecule has 1 aromatic carbocycles. The highest BCUT2D eigenvalue weighted by Gasteiger charge is 2.26. The molecular weight excluding hydrogens is 290 g/mol. The first kappa shape index (κ1) is 13.9. The monoisotopic (exact) mass is 307 g/mol. The molecule has 23 heavy (non-hydrogen) atoms. The third-order valence-electron chi connectivity index (χ3n) is 4.36. The Balaban J connectivity index is 1.45. The van der Waals surface area contributed by atoms with Crippen LogP contribution in [0.5, 0.6) is 0 Å². The molecule has 0 radical (unpaired) electrons. The maximum atomic E-state index is 12.4. The summed E-state index contributed by atoms with van der Waals surface area (Å²) >= 11 is 0. The first-order valence-corrected chi connectivity index (χ1v) is 7.81. The van der Waals surface area contributed by atoms with E-state index in [1.807, 2.05) is 29.2 Å². The number of piperidine rings is 1. The van der Waals surface area contributed by atoms with Gasteiger partial charge in [-0.05, 0) is 25.0 Å². The number of fused-ring (bicyclic) bond motifs is 1. The maximum Gasteiger partial charge on any atom is 0.274 e. The maximum absolute atomic E-state index is 12.4. The van der Waals surface area contributed by atoms with E-state index in [1.165, 1.54) is 6.20 Å². The molecule has 0 spiro atoms. The largest absolute Gasteiger partial charge is 0.342 e. The Bertz CT molecular complexity index is 788. The summed E-state index contributed by atoms with van der Waals surface area (Å²) in [6.07, 6.45) is 6.46. The molecule has 1 aliphatic heterocycles. The SMILES string of the molecule is O=C(c1cnccn1)N1CCC(c2nc3ccccc3[nH]2)CC1. The third kappa shape index (κ3) is 2.67. The van der Waals surface area contributed by atoms with Gasteiger partial charge in [-0.3, -0.25) is 9.78 Å². The van der Waals surface area contributed by atoms with E-state index in [0.717, 1.165) is 42.8 Å². The van der Waals surface area contributed by atoms with Crippen LogP contribution in [-0.4, -0.2) is 43.8 Å². The molecule has 116 valence electrons. The fraction of sp³-hybridized carbons (Fsp3) is 0.294. The van der Waals surface area contributed by atoms with Crippen LogP contribution in [0.3, 0.4) is 0 Å². The molecule has 4 rings (SSSR count). The van der Waals surface area contributed by atoms with Crippen molar-refractivity contribution in [2.45, 2.75) is 18.8 Å². The molecule has 0 unspecified atom stereocenters. The lowest BCUT2D eigenvalue weighted by atomic mass is 9.96. The highest BCUT2D eigenvalue weighted by atomic mass is 16.2. The molecule has 2 aromatic heterocycles. The Kier molecular flexibility index (Phi) is 3.49. The second kappa shape index (κ2) is 5.79. The molecule has 0 atom stereocenters. The van der Waals surface area contributed by atoms with Crippen molar-refractivity contribution in [2.75, 3.05) is 13.1 Å². The van der Waals surface area contributed by atoms with E-state index in [1.54, 1.807) is 12.4 Å². The van der Waals surface area contributed by atoms with Crippen molar-refractivity contribution >= 4 is 16.9 Å². The van der Waals surface area contributed by atoms with Gasteiger partial charge in [-0.1, -0.05) is 12.1 Å². The Morgan fingerprint density at radius 1 is 1.17 bits per heavy atom. The number of aromatic amines is 1. The summed E-state index contributed by atoms with van der Waals surface area (Å²) in [5.41, 5.74) is 2.48. The van der Waals surface area contributed by atoms with Gasteiger partial charge in [0.25, 0.3) is 5.91 Å². The van der Waals surface area contributed by atoms with Gasteiger partial charge in [0.15, 0.2) is 0 Å². The number of carbonyl (C=O) groups excluding carboxylic acids is 1. The van der Waals surface area contributed by atoms with Crippen molar-refractivity contribution in [2.24, 2.45) is 0 Å². The average Bonchev–Trinajstić information content (AvgIpc) is 3.06. The smallest absolute Gasteiger partial charge is 0.274 e. The third-order valence-corrected chi connectivity index (χ3v) is 4.36. The Labute approximate surface area is 133 Å². The number of nitrogens with zero attached hydrogens (tertiary/aromatic N) is 4. The number of H-pyrrole nitrogens is 1. The first-order chi connectivity index (χ1) is 11.3. The topological polar surface area (TPSA) is 74.8 Å². The number of nitrogens with one attached hydrogen (secondary N) is 1. The van der Waals surface area contributed by atoms with Gasteiger partial charge in [0.2, 0.25) is 0 Å². The molecule has 1 amide bonds. The first-order valence-electron chi connectivity index (χ1n) is 7.81. The lowest BCUT2D eigenvalue weighted by Gasteiger charge is -2.30. The van der Waals surface area contributed by atoms with Crippen LogP contribution >= 0.6 is 0 Å². The molecule has 0 bridgehead atoms. The van der Waals surface area contributed by atoms with Crippen molar-refractivity contribution < 1.29 is 4.79 Å². The van der Waals surface area contributed by atoms with Gasteiger partial charge in [-0.25, -0.2) is 9.97 Å². The van der Waals surface area contributed by atoms with Gasteiger partial charge in [0.05, 0.1) is 17.2 Å². The number of carbonyl (C=O) groups is 1. The van der Waals surface area contributed by atoms with Crippen LogP contribution < -0.4 is 0 Å². The second-order valence-electron chi connectivity index (χ2n) is 5.80. The van der Waals surface area contributed by atoms with E-state index in [9.17, 15) is 4.79 Å². The minimum atomic E-state index is -0.0406. The minimum absolute atomic E-state index is 0.0406. The zero-order valence-electron chi connectivity index (χ0n) is 12.6. The standard InChI is InChI=1S/C17H17N5O/c23-17(15-11-18-7-8-19-15)22-9-5-12(6-10-22)16-20-13-3-1-2-4-14(13)21-16/h1-4,7-8,11-12H,5-6,9-10H2,(H,20,21). The normalized spacial score (nSPS) is 15.9. The summed E-state index contributed by atoms with van der Waals surface area (Å²) in [4.78, 5) is 30.4. The summed E-state index contributed by atoms with van der Waals surface area (Å²) in [7, 11) is 0. The predicted molar refractivity (Wildman–Crippen MR) is 86.0 cm³/mol. The zero-order chi connectivity index (χ0) is 15.6. The fourth-order valence-electron chi connectivity index (χ4n) is 3.09. The van der Waals surface area contributed by atoms with Crippen LogP contribution in [0.4, 0.5) is 0 Å². The van der Waals surface area contributed by atoms with E-state index < -0.39 is 0 Å². The summed E-state index contributed by atoms with van der Waals surface area (Å²) in [6, 6.07) is 8.06. The zero-order valence-corrected chi connectivity index (χ0v) is 12.6. The molecule has 1 N–H and O–H groups in total. The van der Waals surface area contributed by atoms with Crippen molar-refractivity contribution in [3.63, 3.8) is 0 Å². The van der Waals surface area contributed by atoms with E-state index in [0.29, 0.717) is 11.6 Å². The summed E-state index contributed by atoms with van der Waals surface area (Å²) in [5.74, 6) is 1.35. The van der Waals surface area contributed by atoms with E-state index in [-0.39, 0.29) is 5.91 Å². The Hall–Kier alpha value is -2.76. The second-order valence-corrected chi connectivity index (χ2v) is 5.80. The minimum Gasteiger partial charge on any atom is -0.342 e. The number of imidazole rings is 1. The molecule has 6 heteroatoms. The molecule has 1 fully saturated rings. The fourth-order valence-corrected chi connectivity index (χ4v) is 3.09. The number of hydrogen-bond donors (Lipinski definition) is 1. The van der Waals surface area contributed by atoms with Gasteiger partial charge >= 0.3 is 0 Å². The highest BCUT2D eigenvalue weighted by molar-refractivity contribution is 5.92. The van der Waals surface area contributed by atoms with Crippen LogP contribution in [0.2, 0.25) is 0 Å². The number of likely N-dealkylation sites (tertiary alicyclic amines) is 1. The Morgan fingerprint density at radius 2 is 2.00 bits per heavy atom. The molecule has 3 aromatic rings. The molecule has 1 saturated heterocycles. The Morgan fingerprint density at radius 3 is 2.74 bits per heavy atom. The quantitative estimate of drug-likeness (QED) is 0.788. The summed E-state index contributed by atoms with van der Waals surface area (Å²) in [5, 5.41) is 0. The van der Waals surface area contributed by atoms with Crippen LogP contribution in [-0.2, 0) is 0 Å². The number of rotatable bonds is 2. The van der Waals surface area contributed by atoms with Gasteiger partial charge in [0, 0.05) is 31.4 Å².